The Morgan fingerprint density at radius 2 is 1.35 bits per heavy atom. The van der Waals surface area contributed by atoms with Crippen LogP contribution in [0.5, 0.6) is 0 Å². The number of hydrogen-bond acceptors (Lipinski definition) is 2. The van der Waals surface area contributed by atoms with E-state index in [-0.39, 0.29) is 18.5 Å². The Labute approximate surface area is 281 Å². The highest BCUT2D eigenvalue weighted by Gasteiger charge is 2.16. The molecule has 248 valence electrons. The van der Waals surface area contributed by atoms with Crippen LogP contribution < -0.4 is 12.4 Å². The maximum absolute atomic E-state index is 6.23. The summed E-state index contributed by atoms with van der Waals surface area (Å²) in [7, 11) is 4.87. The lowest BCUT2D eigenvalue weighted by atomic mass is 10.1. The summed E-state index contributed by atoms with van der Waals surface area (Å²) in [5.41, 5.74) is 0.904. The molecule has 43 heavy (non-hydrogen) atoms. The topological polar surface area (TPSA) is 27.1 Å². The van der Waals surface area contributed by atoms with Crippen molar-refractivity contribution in [2.45, 2.75) is 129 Å². The standard InChI is InChI=1S/C22H48N.C14H14Cl2N2O.ClH/c1-5-7-9-11-13-15-17-19-21-23(3,4)22-20-18-16-14-12-10-8-6-2;1-2-7-19-14(9-18-6-5-17-10-18)12-4-3-11(15)8-13(12)16;/h5-22H2,1-4H3;2-6,8,10,14H,1,7,9H2;1H/q+1;;/p-1. The molecule has 4 nitrogen and oxygen atoms in total. The molecule has 0 radical (unpaired) electrons. The van der Waals surface area contributed by atoms with Gasteiger partial charge in [0.05, 0.1) is 46.7 Å². The maximum atomic E-state index is 6.23. The smallest absolute Gasteiger partial charge is 0.102 e. The van der Waals surface area contributed by atoms with Crippen molar-refractivity contribution < 1.29 is 21.6 Å². The minimum absolute atomic E-state index is 0. The second-order valence-corrected chi connectivity index (χ2v) is 13.2. The van der Waals surface area contributed by atoms with Crippen molar-refractivity contribution in [1.82, 2.24) is 9.55 Å². The summed E-state index contributed by atoms with van der Waals surface area (Å²) < 4.78 is 8.96. The van der Waals surface area contributed by atoms with Gasteiger partial charge in [0, 0.05) is 28.0 Å². The molecule has 1 aromatic heterocycles. The molecule has 1 heterocycles. The van der Waals surface area contributed by atoms with Crippen molar-refractivity contribution in [3.05, 3.63) is 65.2 Å². The van der Waals surface area contributed by atoms with Crippen LogP contribution in [-0.2, 0) is 11.3 Å². The van der Waals surface area contributed by atoms with Crippen LogP contribution in [0.4, 0.5) is 0 Å². The number of ether oxygens (including phenoxy) is 1. The van der Waals surface area contributed by atoms with E-state index < -0.39 is 0 Å². The van der Waals surface area contributed by atoms with Gasteiger partial charge >= 0.3 is 0 Å². The van der Waals surface area contributed by atoms with Gasteiger partial charge in [-0.2, -0.15) is 0 Å². The number of benzene rings is 1. The molecule has 0 fully saturated rings. The molecule has 7 heteroatoms. The number of rotatable bonds is 24. The predicted octanol–water partition coefficient (Wildman–Crippen LogP) is 8.48. The molecule has 0 saturated heterocycles. The average Bonchev–Trinajstić information content (AvgIpc) is 3.48. The van der Waals surface area contributed by atoms with Crippen LogP contribution in [0.3, 0.4) is 0 Å². The highest BCUT2D eigenvalue weighted by atomic mass is 35.5. The Morgan fingerprint density at radius 1 is 0.837 bits per heavy atom. The lowest BCUT2D eigenvalue weighted by Crippen LogP contribution is -3.00. The van der Waals surface area contributed by atoms with E-state index in [0.29, 0.717) is 23.2 Å². The predicted molar refractivity (Wildman–Crippen MR) is 185 cm³/mol. The number of nitrogens with zero attached hydrogens (tertiary/aromatic N) is 3. The van der Waals surface area contributed by atoms with Crippen molar-refractivity contribution in [2.24, 2.45) is 0 Å². The first kappa shape index (κ1) is 42.0. The van der Waals surface area contributed by atoms with Gasteiger partial charge in [0.15, 0.2) is 0 Å². The summed E-state index contributed by atoms with van der Waals surface area (Å²) in [5, 5.41) is 1.21. The molecule has 1 unspecified atom stereocenters. The Balaban J connectivity index is 0.000000812. The highest BCUT2D eigenvalue weighted by molar-refractivity contribution is 6.35. The maximum Gasteiger partial charge on any atom is 0.102 e. The van der Waals surface area contributed by atoms with Crippen LogP contribution in [0.25, 0.3) is 0 Å². The zero-order chi connectivity index (χ0) is 30.9. The van der Waals surface area contributed by atoms with Crippen molar-refractivity contribution in [3.8, 4) is 0 Å². The van der Waals surface area contributed by atoms with Crippen LogP contribution in [0, 0.1) is 0 Å². The molecule has 1 aromatic carbocycles. The van der Waals surface area contributed by atoms with Gasteiger partial charge in [-0.05, 0) is 37.8 Å². The van der Waals surface area contributed by atoms with Crippen molar-refractivity contribution >= 4 is 23.2 Å². The lowest BCUT2D eigenvalue weighted by molar-refractivity contribution is -0.890. The van der Waals surface area contributed by atoms with E-state index in [0.717, 1.165) is 5.56 Å². The molecule has 0 spiro atoms. The molecule has 0 aliphatic carbocycles. The number of aromatic nitrogens is 2. The van der Waals surface area contributed by atoms with Gasteiger partial charge in [-0.3, -0.25) is 0 Å². The Hall–Kier alpha value is -1.04. The lowest BCUT2D eigenvalue weighted by Gasteiger charge is -2.30. The second kappa shape index (κ2) is 27.3. The van der Waals surface area contributed by atoms with Gasteiger partial charge in [0.25, 0.3) is 0 Å². The fourth-order valence-corrected chi connectivity index (χ4v) is 5.76. The van der Waals surface area contributed by atoms with E-state index >= 15 is 0 Å². The van der Waals surface area contributed by atoms with Crippen molar-refractivity contribution in [2.75, 3.05) is 33.8 Å². The highest BCUT2D eigenvalue weighted by Crippen LogP contribution is 2.29. The molecule has 0 saturated carbocycles. The summed E-state index contributed by atoms with van der Waals surface area (Å²) in [5.74, 6) is 0. The van der Waals surface area contributed by atoms with Crippen LogP contribution in [0.15, 0.2) is 49.6 Å². The third-order valence-electron chi connectivity index (χ3n) is 7.89. The third-order valence-corrected chi connectivity index (χ3v) is 8.46. The van der Waals surface area contributed by atoms with Crippen LogP contribution in [-0.4, -0.2) is 47.8 Å². The number of quaternary nitrogens is 1. The molecule has 0 aliphatic heterocycles. The minimum atomic E-state index is -0.169. The molecule has 1 atom stereocenters. The number of unbranched alkanes of at least 4 members (excludes halogenated alkanes) is 14. The third kappa shape index (κ3) is 22.2. The Bertz CT molecular complexity index is 883. The molecular weight excluding hydrogens is 597 g/mol. The number of imidazole rings is 1. The second-order valence-electron chi connectivity index (χ2n) is 12.4. The Morgan fingerprint density at radius 3 is 1.79 bits per heavy atom. The zero-order valence-corrected chi connectivity index (χ0v) is 30.1. The first-order chi connectivity index (χ1) is 20.3. The number of hydrogen-bond donors (Lipinski definition) is 0. The summed E-state index contributed by atoms with van der Waals surface area (Å²) >= 11 is 12.1. The van der Waals surface area contributed by atoms with E-state index in [2.05, 4.69) is 39.5 Å². The van der Waals surface area contributed by atoms with Gasteiger partial charge in [-0.15, -0.1) is 6.58 Å². The Kier molecular flexibility index (Phi) is 26.6. The van der Waals surface area contributed by atoms with Gasteiger partial charge < -0.3 is 26.2 Å². The zero-order valence-electron chi connectivity index (χ0n) is 27.9. The van der Waals surface area contributed by atoms with Crippen LogP contribution in [0.1, 0.15) is 128 Å². The summed E-state index contributed by atoms with van der Waals surface area (Å²) in [6, 6.07) is 5.41. The fourth-order valence-electron chi connectivity index (χ4n) is 5.23. The molecule has 0 aliphatic rings. The van der Waals surface area contributed by atoms with E-state index in [4.69, 9.17) is 27.9 Å². The van der Waals surface area contributed by atoms with Crippen LogP contribution in [0.2, 0.25) is 10.0 Å². The summed E-state index contributed by atoms with van der Waals surface area (Å²) in [6.45, 7) is 12.1. The molecule has 2 rings (SSSR count). The number of halogens is 3. The minimum Gasteiger partial charge on any atom is -1.00 e. The van der Waals surface area contributed by atoms with Gasteiger partial charge in [0.2, 0.25) is 0 Å². The van der Waals surface area contributed by atoms with Crippen molar-refractivity contribution in [1.29, 1.82) is 0 Å². The normalized spacial score (nSPS) is 11.9. The fraction of sp³-hybridized carbons (Fsp3) is 0.694. The molecule has 0 amide bonds. The SMILES string of the molecule is C=CCOC(Cn1ccnc1)c1ccc(Cl)cc1Cl.CCCCCCCCCC[N+](C)(C)CCCCCCCCCC.[Cl-]. The van der Waals surface area contributed by atoms with Crippen molar-refractivity contribution in [3.63, 3.8) is 0 Å². The van der Waals surface area contributed by atoms with Gasteiger partial charge in [-0.1, -0.05) is 126 Å². The van der Waals surface area contributed by atoms with Gasteiger partial charge in [0.1, 0.15) is 6.10 Å². The molecule has 0 N–H and O–H groups in total. The molecule has 2 aromatic rings. The first-order valence-electron chi connectivity index (χ1n) is 16.8. The molecule has 0 bridgehead atoms. The van der Waals surface area contributed by atoms with E-state index in [1.165, 1.54) is 120 Å². The molecular formula is C36H62Cl3N3O. The van der Waals surface area contributed by atoms with Gasteiger partial charge in [-0.25, -0.2) is 4.98 Å². The quantitative estimate of drug-likeness (QED) is 0.0643. The largest absolute Gasteiger partial charge is 1.00 e. The average molecular weight is 659 g/mol. The summed E-state index contributed by atoms with van der Waals surface area (Å²) in [6.07, 6.45) is 29.9. The monoisotopic (exact) mass is 657 g/mol. The van der Waals surface area contributed by atoms with E-state index in [1.807, 2.05) is 16.8 Å². The van der Waals surface area contributed by atoms with Crippen LogP contribution >= 0.6 is 23.2 Å². The van der Waals surface area contributed by atoms with E-state index in [1.54, 1.807) is 30.7 Å². The van der Waals surface area contributed by atoms with E-state index in [9.17, 15) is 0 Å². The first-order valence-corrected chi connectivity index (χ1v) is 17.5. The summed E-state index contributed by atoms with van der Waals surface area (Å²) in [4.78, 5) is 4.02.